The first kappa shape index (κ1) is 16.8. The third-order valence-electron chi connectivity index (χ3n) is 4.11. The second-order valence-electron chi connectivity index (χ2n) is 5.97. The molecule has 0 saturated heterocycles. The number of ketones is 1. The fraction of sp³-hybridized carbons (Fsp3) is 0.200. The first-order valence-electron chi connectivity index (χ1n) is 8.10. The minimum absolute atomic E-state index is 0.0700. The summed E-state index contributed by atoms with van der Waals surface area (Å²) in [6, 6.07) is 16.6. The SMILES string of the molecule is CC(=O)C1=C(C)NC(=O)NC1c1ccc(OCc2ccccc2)cc1. The average Bonchev–Trinajstić information content (AvgIpc) is 2.60. The molecule has 0 fully saturated rings. The molecular weight excluding hydrogens is 316 g/mol. The lowest BCUT2D eigenvalue weighted by Crippen LogP contribution is -2.44. The van der Waals surface area contributed by atoms with Crippen molar-refractivity contribution in [2.24, 2.45) is 0 Å². The second-order valence-corrected chi connectivity index (χ2v) is 5.97. The number of rotatable bonds is 5. The minimum atomic E-state index is -0.450. The van der Waals surface area contributed by atoms with Gasteiger partial charge in [0, 0.05) is 11.3 Å². The highest BCUT2D eigenvalue weighted by molar-refractivity contribution is 5.98. The lowest BCUT2D eigenvalue weighted by Gasteiger charge is -2.28. The zero-order chi connectivity index (χ0) is 17.8. The highest BCUT2D eigenvalue weighted by atomic mass is 16.5. The summed E-state index contributed by atoms with van der Waals surface area (Å²) in [7, 11) is 0. The summed E-state index contributed by atoms with van der Waals surface area (Å²) >= 11 is 0. The number of ether oxygens (including phenoxy) is 1. The number of amides is 2. The van der Waals surface area contributed by atoms with Crippen LogP contribution in [0.15, 0.2) is 65.9 Å². The molecule has 5 heteroatoms. The smallest absolute Gasteiger partial charge is 0.319 e. The van der Waals surface area contributed by atoms with Crippen molar-refractivity contribution in [2.75, 3.05) is 0 Å². The molecule has 1 aliphatic heterocycles. The van der Waals surface area contributed by atoms with Crippen molar-refractivity contribution in [1.29, 1.82) is 0 Å². The topological polar surface area (TPSA) is 67.4 Å². The van der Waals surface area contributed by atoms with Crippen molar-refractivity contribution in [3.8, 4) is 5.75 Å². The van der Waals surface area contributed by atoms with Gasteiger partial charge in [-0.15, -0.1) is 0 Å². The van der Waals surface area contributed by atoms with E-state index in [9.17, 15) is 9.59 Å². The molecular formula is C20H20N2O3. The van der Waals surface area contributed by atoms with E-state index in [1.807, 2.05) is 54.6 Å². The van der Waals surface area contributed by atoms with E-state index in [-0.39, 0.29) is 11.8 Å². The van der Waals surface area contributed by atoms with Gasteiger partial charge in [0.05, 0.1) is 6.04 Å². The molecule has 0 aromatic heterocycles. The summed E-state index contributed by atoms with van der Waals surface area (Å²) in [6.07, 6.45) is 0. The molecule has 1 aliphatic rings. The van der Waals surface area contributed by atoms with E-state index in [0.29, 0.717) is 17.9 Å². The predicted molar refractivity (Wildman–Crippen MR) is 95.0 cm³/mol. The van der Waals surface area contributed by atoms with Gasteiger partial charge in [0.25, 0.3) is 0 Å². The number of hydrogen-bond donors (Lipinski definition) is 2. The Balaban J connectivity index is 1.76. The summed E-state index contributed by atoms with van der Waals surface area (Å²) in [4.78, 5) is 23.7. The van der Waals surface area contributed by atoms with Gasteiger partial charge in [-0.2, -0.15) is 0 Å². The molecule has 1 heterocycles. The summed E-state index contributed by atoms with van der Waals surface area (Å²) in [6.45, 7) is 3.73. The Labute approximate surface area is 146 Å². The van der Waals surface area contributed by atoms with E-state index in [2.05, 4.69) is 10.6 Å². The molecule has 2 N–H and O–H groups in total. The summed E-state index contributed by atoms with van der Waals surface area (Å²) in [5, 5.41) is 5.45. The van der Waals surface area contributed by atoms with Crippen molar-refractivity contribution in [3.63, 3.8) is 0 Å². The number of urea groups is 1. The lowest BCUT2D eigenvalue weighted by atomic mass is 9.93. The quantitative estimate of drug-likeness (QED) is 0.878. The van der Waals surface area contributed by atoms with Gasteiger partial charge in [-0.05, 0) is 37.1 Å². The normalized spacial score (nSPS) is 16.9. The highest BCUT2D eigenvalue weighted by Gasteiger charge is 2.28. The molecule has 1 unspecified atom stereocenters. The van der Waals surface area contributed by atoms with Crippen molar-refractivity contribution < 1.29 is 14.3 Å². The lowest BCUT2D eigenvalue weighted by molar-refractivity contribution is -0.114. The average molecular weight is 336 g/mol. The Bertz CT molecular complexity index is 811. The third-order valence-corrected chi connectivity index (χ3v) is 4.11. The first-order valence-corrected chi connectivity index (χ1v) is 8.10. The van der Waals surface area contributed by atoms with Gasteiger partial charge in [-0.1, -0.05) is 42.5 Å². The first-order chi connectivity index (χ1) is 12.0. The molecule has 0 bridgehead atoms. The Morgan fingerprint density at radius 1 is 1.08 bits per heavy atom. The Hall–Kier alpha value is -3.08. The van der Waals surface area contributed by atoms with E-state index in [1.54, 1.807) is 6.92 Å². The van der Waals surface area contributed by atoms with Gasteiger partial charge in [0.1, 0.15) is 12.4 Å². The van der Waals surface area contributed by atoms with Gasteiger partial charge in [-0.25, -0.2) is 4.79 Å². The number of carbonyl (C=O) groups excluding carboxylic acids is 2. The van der Waals surface area contributed by atoms with E-state index in [0.717, 1.165) is 16.9 Å². The van der Waals surface area contributed by atoms with Crippen LogP contribution in [0.25, 0.3) is 0 Å². The fourth-order valence-electron chi connectivity index (χ4n) is 2.91. The highest BCUT2D eigenvalue weighted by Crippen LogP contribution is 2.28. The zero-order valence-electron chi connectivity index (χ0n) is 14.2. The molecule has 0 aliphatic carbocycles. The molecule has 0 spiro atoms. The van der Waals surface area contributed by atoms with Crippen LogP contribution in [0.4, 0.5) is 4.79 Å². The fourth-order valence-corrected chi connectivity index (χ4v) is 2.91. The Morgan fingerprint density at radius 3 is 2.40 bits per heavy atom. The number of carbonyl (C=O) groups is 2. The maximum absolute atomic E-state index is 12.0. The van der Waals surface area contributed by atoms with E-state index in [4.69, 9.17) is 4.74 Å². The second kappa shape index (κ2) is 7.21. The van der Waals surface area contributed by atoms with Crippen LogP contribution < -0.4 is 15.4 Å². The largest absolute Gasteiger partial charge is 0.489 e. The summed E-state index contributed by atoms with van der Waals surface area (Å²) < 4.78 is 5.77. The van der Waals surface area contributed by atoms with Gasteiger partial charge in [0.2, 0.25) is 0 Å². The van der Waals surface area contributed by atoms with E-state index >= 15 is 0 Å². The molecule has 3 rings (SSSR count). The Morgan fingerprint density at radius 2 is 1.76 bits per heavy atom. The van der Waals surface area contributed by atoms with Crippen LogP contribution in [0.5, 0.6) is 5.75 Å². The molecule has 2 aromatic carbocycles. The van der Waals surface area contributed by atoms with Crippen LogP contribution in [0.2, 0.25) is 0 Å². The molecule has 0 saturated carbocycles. The van der Waals surface area contributed by atoms with Gasteiger partial charge in [0.15, 0.2) is 5.78 Å². The monoisotopic (exact) mass is 336 g/mol. The van der Waals surface area contributed by atoms with Crippen LogP contribution >= 0.6 is 0 Å². The minimum Gasteiger partial charge on any atom is -0.489 e. The number of Topliss-reactive ketones (excluding diaryl/α,β-unsaturated/α-hetero) is 1. The molecule has 128 valence electrons. The number of allylic oxidation sites excluding steroid dienone is 1. The van der Waals surface area contributed by atoms with Crippen LogP contribution in [-0.4, -0.2) is 11.8 Å². The van der Waals surface area contributed by atoms with Gasteiger partial charge >= 0.3 is 6.03 Å². The van der Waals surface area contributed by atoms with Crippen LogP contribution in [0, 0.1) is 0 Å². The van der Waals surface area contributed by atoms with Crippen molar-refractivity contribution in [3.05, 3.63) is 77.0 Å². The van der Waals surface area contributed by atoms with Gasteiger partial charge < -0.3 is 15.4 Å². The summed E-state index contributed by atoms with van der Waals surface area (Å²) in [5.74, 6) is 0.664. The van der Waals surface area contributed by atoms with Crippen LogP contribution in [0.1, 0.15) is 31.0 Å². The van der Waals surface area contributed by atoms with Gasteiger partial charge in [-0.3, -0.25) is 4.79 Å². The maximum Gasteiger partial charge on any atom is 0.319 e. The van der Waals surface area contributed by atoms with E-state index in [1.165, 1.54) is 6.92 Å². The van der Waals surface area contributed by atoms with Crippen molar-refractivity contribution in [2.45, 2.75) is 26.5 Å². The third kappa shape index (κ3) is 3.88. The molecule has 0 radical (unpaired) electrons. The number of benzene rings is 2. The van der Waals surface area contributed by atoms with Crippen molar-refractivity contribution >= 4 is 11.8 Å². The zero-order valence-corrected chi connectivity index (χ0v) is 14.2. The molecule has 1 atom stereocenters. The number of hydrogen-bond acceptors (Lipinski definition) is 3. The molecule has 2 aromatic rings. The molecule has 2 amide bonds. The van der Waals surface area contributed by atoms with E-state index < -0.39 is 6.04 Å². The van der Waals surface area contributed by atoms with Crippen LogP contribution in [0.3, 0.4) is 0 Å². The van der Waals surface area contributed by atoms with Crippen LogP contribution in [-0.2, 0) is 11.4 Å². The summed E-state index contributed by atoms with van der Waals surface area (Å²) in [5.41, 5.74) is 3.09. The number of nitrogens with one attached hydrogen (secondary N) is 2. The maximum atomic E-state index is 12.0. The van der Waals surface area contributed by atoms with Crippen molar-refractivity contribution in [1.82, 2.24) is 10.6 Å². The Kier molecular flexibility index (Phi) is 4.84. The molecule has 5 nitrogen and oxygen atoms in total. The molecule has 25 heavy (non-hydrogen) atoms. The standard InChI is InChI=1S/C20H20N2O3/c1-13-18(14(2)23)19(22-20(24)21-13)16-8-10-17(11-9-16)25-12-15-6-4-3-5-7-15/h3-11,19H,12H2,1-2H3,(H2,21,22,24). The predicted octanol–water partition coefficient (Wildman–Crippen LogP) is 3.48.